The Morgan fingerprint density at radius 1 is 1.00 bits per heavy atom. The first-order chi connectivity index (χ1) is 17.5. The molecule has 0 amide bonds. The molecule has 5 aromatic rings. The number of nitrogen functional groups attached to an aromatic ring is 1. The molecule has 182 valence electrons. The summed E-state index contributed by atoms with van der Waals surface area (Å²) in [5.74, 6) is 1.25. The van der Waals surface area contributed by atoms with Gasteiger partial charge in [-0.2, -0.15) is 0 Å². The molecule has 0 radical (unpaired) electrons. The van der Waals surface area contributed by atoms with E-state index in [4.69, 9.17) is 10.7 Å². The fourth-order valence-corrected chi connectivity index (χ4v) is 5.63. The monoisotopic (exact) mass is 476 g/mol. The highest BCUT2D eigenvalue weighted by Crippen LogP contribution is 2.44. The van der Waals surface area contributed by atoms with Crippen LogP contribution in [0.1, 0.15) is 31.4 Å². The third-order valence-corrected chi connectivity index (χ3v) is 7.83. The van der Waals surface area contributed by atoms with Crippen LogP contribution in [-0.2, 0) is 0 Å². The van der Waals surface area contributed by atoms with E-state index < -0.39 is 0 Å². The van der Waals surface area contributed by atoms with Crippen molar-refractivity contribution in [2.24, 2.45) is 5.92 Å². The second kappa shape index (κ2) is 9.03. The SMILES string of the molecule is CCN(C)CC1CC(n2cc(-c3ccc4ccc(-c5ccccc5)nc4c3C)c3c(N)ncnc32)C1. The van der Waals surface area contributed by atoms with Crippen molar-refractivity contribution in [1.29, 1.82) is 0 Å². The zero-order valence-corrected chi connectivity index (χ0v) is 21.1. The quantitative estimate of drug-likeness (QED) is 0.320. The van der Waals surface area contributed by atoms with Crippen LogP contribution in [0.25, 0.3) is 44.3 Å². The van der Waals surface area contributed by atoms with Crippen molar-refractivity contribution in [3.8, 4) is 22.4 Å². The Bertz CT molecular complexity index is 1550. The van der Waals surface area contributed by atoms with Crippen molar-refractivity contribution in [2.45, 2.75) is 32.7 Å². The number of rotatable bonds is 6. The molecule has 3 heterocycles. The number of aromatic nitrogens is 4. The van der Waals surface area contributed by atoms with Gasteiger partial charge in [-0.05, 0) is 56.5 Å². The molecule has 0 atom stereocenters. The highest BCUT2D eigenvalue weighted by atomic mass is 15.1. The van der Waals surface area contributed by atoms with Gasteiger partial charge in [0.15, 0.2) is 0 Å². The average molecular weight is 477 g/mol. The number of hydrogen-bond donors (Lipinski definition) is 1. The zero-order valence-electron chi connectivity index (χ0n) is 21.1. The summed E-state index contributed by atoms with van der Waals surface area (Å²) in [6.07, 6.45) is 6.15. The smallest absolute Gasteiger partial charge is 0.146 e. The molecule has 0 spiro atoms. The summed E-state index contributed by atoms with van der Waals surface area (Å²) in [6.45, 7) is 6.60. The molecule has 36 heavy (non-hydrogen) atoms. The van der Waals surface area contributed by atoms with Crippen LogP contribution in [0.15, 0.2) is 67.1 Å². The minimum absolute atomic E-state index is 0.439. The van der Waals surface area contributed by atoms with Gasteiger partial charge in [0.2, 0.25) is 0 Å². The summed E-state index contributed by atoms with van der Waals surface area (Å²) in [4.78, 5) is 16.5. The Morgan fingerprint density at radius 2 is 1.78 bits per heavy atom. The summed E-state index contributed by atoms with van der Waals surface area (Å²) in [5, 5.41) is 2.07. The van der Waals surface area contributed by atoms with E-state index in [1.165, 1.54) is 0 Å². The van der Waals surface area contributed by atoms with Gasteiger partial charge in [-0.15, -0.1) is 0 Å². The van der Waals surface area contributed by atoms with Crippen LogP contribution in [-0.4, -0.2) is 44.6 Å². The van der Waals surface area contributed by atoms with E-state index in [0.717, 1.165) is 81.7 Å². The van der Waals surface area contributed by atoms with Crippen LogP contribution in [0.2, 0.25) is 0 Å². The van der Waals surface area contributed by atoms with Crippen molar-refractivity contribution in [2.75, 3.05) is 25.9 Å². The van der Waals surface area contributed by atoms with E-state index in [-0.39, 0.29) is 0 Å². The number of aryl methyl sites for hydroxylation is 1. The van der Waals surface area contributed by atoms with Gasteiger partial charge in [-0.1, -0.05) is 55.5 Å². The van der Waals surface area contributed by atoms with Gasteiger partial charge in [0.1, 0.15) is 17.8 Å². The number of anilines is 1. The molecule has 2 N–H and O–H groups in total. The molecule has 6 heteroatoms. The molecule has 1 aliphatic carbocycles. The Kier molecular flexibility index (Phi) is 5.69. The predicted octanol–water partition coefficient (Wildman–Crippen LogP) is 6.11. The van der Waals surface area contributed by atoms with Gasteiger partial charge in [0, 0.05) is 35.3 Å². The van der Waals surface area contributed by atoms with Crippen LogP contribution >= 0.6 is 0 Å². The lowest BCUT2D eigenvalue weighted by Gasteiger charge is -2.38. The van der Waals surface area contributed by atoms with Crippen LogP contribution in [0, 0.1) is 12.8 Å². The molecular formula is C30H32N6. The van der Waals surface area contributed by atoms with E-state index in [1.54, 1.807) is 6.33 Å². The first-order valence-electron chi connectivity index (χ1n) is 12.8. The van der Waals surface area contributed by atoms with Crippen molar-refractivity contribution >= 4 is 27.8 Å². The molecule has 3 aromatic heterocycles. The summed E-state index contributed by atoms with van der Waals surface area (Å²) in [5.41, 5.74) is 13.8. The first kappa shape index (κ1) is 22.7. The van der Waals surface area contributed by atoms with Crippen molar-refractivity contribution in [3.63, 3.8) is 0 Å². The summed E-state index contributed by atoms with van der Waals surface area (Å²) in [7, 11) is 2.20. The minimum atomic E-state index is 0.439. The molecule has 1 fully saturated rings. The summed E-state index contributed by atoms with van der Waals surface area (Å²) < 4.78 is 2.34. The lowest BCUT2D eigenvalue weighted by atomic mass is 9.79. The molecular weight excluding hydrogens is 444 g/mol. The third kappa shape index (κ3) is 3.82. The van der Waals surface area contributed by atoms with E-state index in [1.807, 2.05) is 18.2 Å². The first-order valence-corrected chi connectivity index (χ1v) is 12.8. The topological polar surface area (TPSA) is 72.9 Å². The second-order valence-electron chi connectivity index (χ2n) is 10.1. The van der Waals surface area contributed by atoms with Gasteiger partial charge in [-0.25, -0.2) is 15.0 Å². The fourth-order valence-electron chi connectivity index (χ4n) is 5.63. The Labute approximate surface area is 211 Å². The summed E-state index contributed by atoms with van der Waals surface area (Å²) in [6, 6.07) is 19.4. The van der Waals surface area contributed by atoms with Crippen LogP contribution in [0.3, 0.4) is 0 Å². The van der Waals surface area contributed by atoms with E-state index in [0.29, 0.717) is 11.9 Å². The van der Waals surface area contributed by atoms with Gasteiger partial charge < -0.3 is 15.2 Å². The van der Waals surface area contributed by atoms with Gasteiger partial charge >= 0.3 is 0 Å². The average Bonchev–Trinajstić information content (AvgIpc) is 3.26. The second-order valence-corrected chi connectivity index (χ2v) is 10.1. The van der Waals surface area contributed by atoms with Gasteiger partial charge in [0.05, 0.1) is 16.6 Å². The lowest BCUT2D eigenvalue weighted by Crippen LogP contribution is -2.35. The molecule has 6 nitrogen and oxygen atoms in total. The Hall–Kier alpha value is -3.77. The molecule has 1 aliphatic rings. The van der Waals surface area contributed by atoms with E-state index in [2.05, 4.69) is 82.9 Å². The number of benzene rings is 2. The minimum Gasteiger partial charge on any atom is -0.383 e. The standard InChI is InChI=1S/C30H32N6/c1-4-35(3)16-20-14-23(15-20)36-17-25(27-29(31)32-18-33-30(27)36)24-12-10-22-11-13-26(34-28(22)19(24)2)21-8-6-5-7-9-21/h5-13,17-18,20,23H,4,14-16H2,1-3H3,(H2,31,32,33). The van der Waals surface area contributed by atoms with Gasteiger partial charge in [0.25, 0.3) is 0 Å². The number of fused-ring (bicyclic) bond motifs is 2. The Balaban J connectivity index is 1.44. The number of nitrogens with zero attached hydrogens (tertiary/aromatic N) is 5. The fraction of sp³-hybridized carbons (Fsp3) is 0.300. The highest BCUT2D eigenvalue weighted by Gasteiger charge is 2.33. The Morgan fingerprint density at radius 3 is 2.56 bits per heavy atom. The van der Waals surface area contributed by atoms with Gasteiger partial charge in [-0.3, -0.25) is 0 Å². The normalized spacial score (nSPS) is 17.7. The summed E-state index contributed by atoms with van der Waals surface area (Å²) >= 11 is 0. The maximum atomic E-state index is 6.45. The predicted molar refractivity (Wildman–Crippen MR) is 148 cm³/mol. The number of hydrogen-bond acceptors (Lipinski definition) is 5. The number of nitrogens with two attached hydrogens (primary N) is 1. The van der Waals surface area contributed by atoms with Crippen LogP contribution in [0.4, 0.5) is 5.82 Å². The molecule has 0 unspecified atom stereocenters. The maximum Gasteiger partial charge on any atom is 0.146 e. The van der Waals surface area contributed by atoms with Crippen molar-refractivity contribution in [3.05, 3.63) is 72.7 Å². The zero-order chi connectivity index (χ0) is 24.8. The van der Waals surface area contributed by atoms with E-state index >= 15 is 0 Å². The molecule has 0 aliphatic heterocycles. The largest absolute Gasteiger partial charge is 0.383 e. The van der Waals surface area contributed by atoms with Crippen LogP contribution < -0.4 is 5.73 Å². The molecule has 0 saturated heterocycles. The molecule has 0 bridgehead atoms. The van der Waals surface area contributed by atoms with E-state index in [9.17, 15) is 0 Å². The number of pyridine rings is 1. The van der Waals surface area contributed by atoms with Crippen LogP contribution in [0.5, 0.6) is 0 Å². The highest BCUT2D eigenvalue weighted by molar-refractivity contribution is 6.03. The molecule has 2 aromatic carbocycles. The lowest BCUT2D eigenvalue weighted by molar-refractivity contribution is 0.149. The van der Waals surface area contributed by atoms with Crippen molar-refractivity contribution in [1.82, 2.24) is 24.4 Å². The third-order valence-electron chi connectivity index (χ3n) is 7.83. The van der Waals surface area contributed by atoms with Crippen molar-refractivity contribution < 1.29 is 0 Å². The molecule has 1 saturated carbocycles. The maximum absolute atomic E-state index is 6.45. The molecule has 6 rings (SSSR count).